The summed E-state index contributed by atoms with van der Waals surface area (Å²) in [6.07, 6.45) is 0.358. The molecule has 0 aliphatic carbocycles. The Morgan fingerprint density at radius 2 is 2.05 bits per heavy atom. The number of primary amides is 1. The van der Waals surface area contributed by atoms with Crippen molar-refractivity contribution in [3.8, 4) is 22.6 Å². The number of carbonyl (C=O) groups is 1. The van der Waals surface area contributed by atoms with Crippen LogP contribution in [0.15, 0.2) is 42.5 Å². The number of nitrogens with two attached hydrogens (primary N) is 1. The number of rotatable bonds is 7. The number of methoxy groups -OCH3 is 1. The molecule has 7 nitrogen and oxygen atoms in total. The van der Waals surface area contributed by atoms with Gasteiger partial charge in [-0.15, -0.1) is 0 Å². The van der Waals surface area contributed by atoms with Crippen LogP contribution in [0, 0.1) is 11.6 Å². The lowest BCUT2D eigenvalue weighted by atomic mass is 9.82. The first kappa shape index (κ1) is 25.3. The van der Waals surface area contributed by atoms with E-state index in [4.69, 9.17) is 31.9 Å². The molecule has 1 amide bonds. The minimum atomic E-state index is -0.905. The summed E-state index contributed by atoms with van der Waals surface area (Å²) in [6.45, 7) is 1.26. The van der Waals surface area contributed by atoms with Crippen molar-refractivity contribution in [3.63, 3.8) is 0 Å². The van der Waals surface area contributed by atoms with E-state index < -0.39 is 23.1 Å². The second kappa shape index (κ2) is 9.81. The Hall–Kier alpha value is -3.40. The topological polar surface area (TPSA) is 97.1 Å². The molecule has 194 valence electrons. The summed E-state index contributed by atoms with van der Waals surface area (Å²) in [6, 6.07) is 11.6. The first-order chi connectivity index (χ1) is 17.8. The number of anilines is 1. The van der Waals surface area contributed by atoms with E-state index in [9.17, 15) is 4.79 Å². The van der Waals surface area contributed by atoms with E-state index in [0.717, 1.165) is 5.56 Å². The predicted octanol–water partition coefficient (Wildman–Crippen LogP) is 3.63. The zero-order chi connectivity index (χ0) is 26.3. The van der Waals surface area contributed by atoms with Gasteiger partial charge in [-0.05, 0) is 41.5 Å². The quantitative estimate of drug-likeness (QED) is 0.432. The second-order valence-electron chi connectivity index (χ2n) is 9.05. The molecule has 0 spiro atoms. The van der Waals surface area contributed by atoms with Gasteiger partial charge < -0.3 is 30.5 Å². The third kappa shape index (κ3) is 4.07. The third-order valence-corrected chi connectivity index (χ3v) is 7.46. The van der Waals surface area contributed by atoms with Gasteiger partial charge in [-0.25, -0.2) is 8.78 Å². The Balaban J connectivity index is 1.77. The average molecular weight is 530 g/mol. The molecule has 10 heteroatoms. The highest BCUT2D eigenvalue weighted by atomic mass is 35.5. The normalized spacial score (nSPS) is 18.4. The van der Waals surface area contributed by atoms with Crippen molar-refractivity contribution in [1.82, 2.24) is 5.32 Å². The third-order valence-electron chi connectivity index (χ3n) is 7.09. The van der Waals surface area contributed by atoms with Gasteiger partial charge >= 0.3 is 0 Å². The summed E-state index contributed by atoms with van der Waals surface area (Å²) in [5.41, 5.74) is 6.77. The van der Waals surface area contributed by atoms with Crippen molar-refractivity contribution in [2.75, 3.05) is 44.9 Å². The molecule has 1 fully saturated rings. The molecule has 0 saturated carbocycles. The molecule has 1 unspecified atom stereocenters. The fraction of sp³-hybridized carbons (Fsp3) is 0.296. The molecule has 2 aliphatic heterocycles. The minimum Gasteiger partial charge on any atom is -0.497 e. The zero-order valence-corrected chi connectivity index (χ0v) is 20.9. The maximum atomic E-state index is 15.9. The molecule has 1 atom stereocenters. The van der Waals surface area contributed by atoms with Gasteiger partial charge in [-0.3, -0.25) is 4.79 Å². The van der Waals surface area contributed by atoms with Gasteiger partial charge in [0.15, 0.2) is 11.6 Å². The van der Waals surface area contributed by atoms with Gasteiger partial charge in [0.2, 0.25) is 5.91 Å². The van der Waals surface area contributed by atoms with Crippen LogP contribution in [0.3, 0.4) is 0 Å². The van der Waals surface area contributed by atoms with Crippen molar-refractivity contribution in [1.29, 1.82) is 0 Å². The molecule has 2 heterocycles. The maximum Gasteiger partial charge on any atom is 0.249 e. The van der Waals surface area contributed by atoms with E-state index in [-0.39, 0.29) is 40.7 Å². The second-order valence-corrected chi connectivity index (χ2v) is 9.43. The van der Waals surface area contributed by atoms with Crippen LogP contribution in [-0.2, 0) is 12.0 Å². The van der Waals surface area contributed by atoms with Crippen molar-refractivity contribution in [2.45, 2.75) is 12.0 Å². The number of aliphatic hydroxyl groups excluding tert-OH is 1. The minimum absolute atomic E-state index is 0.0640. The van der Waals surface area contributed by atoms with Crippen LogP contribution < -0.4 is 25.4 Å². The molecule has 0 bridgehead atoms. The highest BCUT2D eigenvalue weighted by molar-refractivity contribution is 6.34. The number of nitrogens with zero attached hydrogens (tertiary/aromatic N) is 1. The van der Waals surface area contributed by atoms with Crippen LogP contribution >= 0.6 is 11.6 Å². The highest BCUT2D eigenvalue weighted by Crippen LogP contribution is 2.53. The van der Waals surface area contributed by atoms with Crippen LogP contribution in [0.25, 0.3) is 11.1 Å². The molecule has 0 radical (unpaired) electrons. The lowest BCUT2D eigenvalue weighted by Crippen LogP contribution is -2.57. The molecule has 3 aromatic carbocycles. The summed E-state index contributed by atoms with van der Waals surface area (Å²) >= 11 is 6.52. The number of ether oxygens (including phenoxy) is 2. The van der Waals surface area contributed by atoms with Crippen LogP contribution in [0.4, 0.5) is 14.5 Å². The summed E-state index contributed by atoms with van der Waals surface area (Å²) < 4.78 is 42.1. The summed E-state index contributed by atoms with van der Waals surface area (Å²) in [5.74, 6) is -2.07. The number of hydrogen-bond donors (Lipinski definition) is 3. The summed E-state index contributed by atoms with van der Waals surface area (Å²) in [5, 5.41) is 12.3. The van der Waals surface area contributed by atoms with Crippen molar-refractivity contribution in [2.24, 2.45) is 5.73 Å². The highest BCUT2D eigenvalue weighted by Gasteiger charge is 2.48. The standard InChI is InChI=1S/C27H26ClF2N3O4/c1-36-16-4-2-3-15(11-16)27-13-18-20(33(27)8-7-32-14-27)12-19(29)24(28)22(18)23-17(26(31)35)5-6-21(25(23)30)37-10-9-34/h2-6,11-12,32,34H,7-10,13-14H2,1H3,(H2,31,35). The first-order valence-electron chi connectivity index (χ1n) is 11.8. The molecule has 2 aliphatic rings. The largest absolute Gasteiger partial charge is 0.497 e. The van der Waals surface area contributed by atoms with Gasteiger partial charge in [-0.1, -0.05) is 23.7 Å². The van der Waals surface area contributed by atoms with E-state index >= 15 is 8.78 Å². The fourth-order valence-corrected chi connectivity index (χ4v) is 5.74. The number of benzene rings is 3. The lowest BCUT2D eigenvalue weighted by molar-refractivity contribution is 0.100. The van der Waals surface area contributed by atoms with Crippen molar-refractivity contribution < 1.29 is 28.2 Å². The van der Waals surface area contributed by atoms with Gasteiger partial charge in [0.1, 0.15) is 18.2 Å². The van der Waals surface area contributed by atoms with Crippen LogP contribution in [-0.4, -0.2) is 51.0 Å². The average Bonchev–Trinajstić information content (AvgIpc) is 3.24. The number of halogens is 3. The van der Waals surface area contributed by atoms with Gasteiger partial charge in [0.25, 0.3) is 0 Å². The number of aliphatic hydroxyl groups is 1. The van der Waals surface area contributed by atoms with Crippen molar-refractivity contribution >= 4 is 23.2 Å². The molecule has 0 aromatic heterocycles. The lowest BCUT2D eigenvalue weighted by Gasteiger charge is -2.45. The number of amides is 1. The van der Waals surface area contributed by atoms with Gasteiger partial charge in [-0.2, -0.15) is 0 Å². The Bertz CT molecular complexity index is 1390. The molecular weight excluding hydrogens is 504 g/mol. The van der Waals surface area contributed by atoms with E-state index in [1.807, 2.05) is 24.3 Å². The summed E-state index contributed by atoms with van der Waals surface area (Å²) in [4.78, 5) is 14.5. The molecular formula is C27H26ClF2N3O4. The number of hydrogen-bond acceptors (Lipinski definition) is 6. The molecule has 4 N–H and O–H groups in total. The van der Waals surface area contributed by atoms with Crippen LogP contribution in [0.5, 0.6) is 11.5 Å². The van der Waals surface area contributed by atoms with E-state index in [1.165, 1.54) is 18.2 Å². The maximum absolute atomic E-state index is 15.9. The number of nitrogens with one attached hydrogen (secondary N) is 1. The van der Waals surface area contributed by atoms with Gasteiger partial charge in [0.05, 0.1) is 29.8 Å². The van der Waals surface area contributed by atoms with E-state index in [2.05, 4.69) is 10.2 Å². The first-order valence-corrected chi connectivity index (χ1v) is 12.2. The Kier molecular flexibility index (Phi) is 6.70. The molecule has 5 rings (SSSR count). The predicted molar refractivity (Wildman–Crippen MR) is 136 cm³/mol. The fourth-order valence-electron chi connectivity index (χ4n) is 5.47. The molecule has 37 heavy (non-hydrogen) atoms. The van der Waals surface area contributed by atoms with Crippen molar-refractivity contribution in [3.05, 3.63) is 75.8 Å². The number of fused-ring (bicyclic) bond motifs is 3. The Morgan fingerprint density at radius 3 is 2.78 bits per heavy atom. The summed E-state index contributed by atoms with van der Waals surface area (Å²) in [7, 11) is 1.59. The smallest absolute Gasteiger partial charge is 0.249 e. The van der Waals surface area contributed by atoms with Gasteiger partial charge in [0, 0.05) is 42.9 Å². The Labute approximate surface area is 217 Å². The zero-order valence-electron chi connectivity index (χ0n) is 20.1. The number of carbonyl (C=O) groups excluding carboxylic acids is 1. The number of piperazine rings is 1. The monoisotopic (exact) mass is 529 g/mol. The van der Waals surface area contributed by atoms with Crippen LogP contribution in [0.2, 0.25) is 5.02 Å². The molecule has 3 aromatic rings. The Morgan fingerprint density at radius 1 is 1.24 bits per heavy atom. The van der Waals surface area contributed by atoms with E-state index in [1.54, 1.807) is 7.11 Å². The molecule has 1 saturated heterocycles. The van der Waals surface area contributed by atoms with Crippen LogP contribution in [0.1, 0.15) is 21.5 Å². The van der Waals surface area contributed by atoms with E-state index in [0.29, 0.717) is 43.1 Å². The SMILES string of the molecule is COc1cccc(C23CNCCN2c2cc(F)c(Cl)c(-c4c(C(N)=O)ccc(OCCO)c4F)c2C3)c1.